The van der Waals surface area contributed by atoms with E-state index in [-0.39, 0.29) is 16.1 Å². The lowest BCUT2D eigenvalue weighted by Crippen LogP contribution is -2.14. The van der Waals surface area contributed by atoms with Crippen molar-refractivity contribution in [1.82, 2.24) is 0 Å². The zero-order valence-electron chi connectivity index (χ0n) is 15.3. The molecule has 29 heavy (non-hydrogen) atoms. The van der Waals surface area contributed by atoms with Gasteiger partial charge in [-0.05, 0) is 49.4 Å². The highest BCUT2D eigenvalue weighted by Gasteiger charge is 2.31. The van der Waals surface area contributed by atoms with Gasteiger partial charge in [0.2, 0.25) is 0 Å². The van der Waals surface area contributed by atoms with Crippen LogP contribution < -0.4 is 4.72 Å². The van der Waals surface area contributed by atoms with Gasteiger partial charge in [0.15, 0.2) is 0 Å². The highest BCUT2D eigenvalue weighted by molar-refractivity contribution is 7.92. The smallest absolute Gasteiger partial charge is 0.278 e. The van der Waals surface area contributed by atoms with E-state index in [2.05, 4.69) is 16.6 Å². The van der Waals surface area contributed by atoms with E-state index < -0.39 is 21.8 Å². The summed E-state index contributed by atoms with van der Waals surface area (Å²) < 4.78 is 67.0. The highest BCUT2D eigenvalue weighted by Crippen LogP contribution is 2.32. The molecule has 0 aliphatic rings. The Morgan fingerprint density at radius 1 is 0.862 bits per heavy atom. The summed E-state index contributed by atoms with van der Waals surface area (Å²) in [7, 11) is -3.98. The molecule has 0 unspecified atom stereocenters. The maximum absolute atomic E-state index is 13.1. The molecule has 3 nitrogen and oxygen atoms in total. The summed E-state index contributed by atoms with van der Waals surface area (Å²) in [6.07, 6.45) is -4.57. The molecule has 0 aliphatic carbocycles. The van der Waals surface area contributed by atoms with Crippen molar-refractivity contribution in [3.63, 3.8) is 0 Å². The Bertz CT molecular complexity index is 1170. The van der Waals surface area contributed by atoms with Gasteiger partial charge in [-0.3, -0.25) is 4.72 Å². The fourth-order valence-electron chi connectivity index (χ4n) is 2.50. The molecule has 148 valence electrons. The molecule has 0 amide bonds. The molecule has 0 saturated heterocycles. The van der Waals surface area contributed by atoms with Gasteiger partial charge in [0, 0.05) is 11.1 Å². The van der Waals surface area contributed by atoms with Crippen molar-refractivity contribution in [2.24, 2.45) is 0 Å². The van der Waals surface area contributed by atoms with Crippen LogP contribution in [-0.4, -0.2) is 8.42 Å². The van der Waals surface area contributed by atoms with E-state index in [0.29, 0.717) is 5.56 Å². The third kappa shape index (κ3) is 5.18. The van der Waals surface area contributed by atoms with Crippen molar-refractivity contribution in [3.05, 3.63) is 95.1 Å². The molecule has 3 aromatic carbocycles. The van der Waals surface area contributed by atoms with Crippen LogP contribution in [0.25, 0.3) is 0 Å². The quantitative estimate of drug-likeness (QED) is 0.597. The van der Waals surface area contributed by atoms with Gasteiger partial charge in [-0.2, -0.15) is 13.2 Å². The van der Waals surface area contributed by atoms with Crippen LogP contribution in [0.5, 0.6) is 0 Å². The Morgan fingerprint density at radius 2 is 1.52 bits per heavy atom. The van der Waals surface area contributed by atoms with E-state index in [4.69, 9.17) is 0 Å². The number of anilines is 1. The standard InChI is InChI=1S/C22H16F3NO2S/c1-16-7-12-20(13-8-16)29(27,28)26-21-14-11-19(22(23,24)25)15-18(21)10-9-17-5-3-2-4-6-17/h2-8,11-15,26H,1H3. The fourth-order valence-corrected chi connectivity index (χ4v) is 3.57. The molecule has 0 radical (unpaired) electrons. The second kappa shape index (κ2) is 8.02. The summed E-state index contributed by atoms with van der Waals surface area (Å²) in [4.78, 5) is 0.00460. The van der Waals surface area contributed by atoms with E-state index in [1.54, 1.807) is 42.5 Å². The summed E-state index contributed by atoms with van der Waals surface area (Å²) >= 11 is 0. The Labute approximate surface area is 167 Å². The molecule has 0 fully saturated rings. The van der Waals surface area contributed by atoms with Crippen LogP contribution >= 0.6 is 0 Å². The number of nitrogens with one attached hydrogen (secondary N) is 1. The first kappa shape index (κ1) is 20.5. The predicted octanol–water partition coefficient (Wildman–Crippen LogP) is 5.21. The SMILES string of the molecule is Cc1ccc(S(=O)(=O)Nc2ccc(C(F)(F)F)cc2C#Cc2ccccc2)cc1. The number of halogens is 3. The molecule has 0 heterocycles. The monoisotopic (exact) mass is 415 g/mol. The second-order valence-electron chi connectivity index (χ2n) is 6.29. The van der Waals surface area contributed by atoms with Crippen molar-refractivity contribution in [3.8, 4) is 11.8 Å². The number of benzene rings is 3. The van der Waals surface area contributed by atoms with Gasteiger partial charge in [0.05, 0.1) is 16.1 Å². The van der Waals surface area contributed by atoms with Crippen LogP contribution in [0.1, 0.15) is 22.3 Å². The normalized spacial score (nSPS) is 11.4. The molecule has 3 aromatic rings. The zero-order valence-corrected chi connectivity index (χ0v) is 16.1. The van der Waals surface area contributed by atoms with Gasteiger partial charge in [0.1, 0.15) is 0 Å². The molecule has 1 N–H and O–H groups in total. The van der Waals surface area contributed by atoms with Crippen LogP contribution in [0.3, 0.4) is 0 Å². The average Bonchev–Trinajstić information content (AvgIpc) is 2.67. The van der Waals surface area contributed by atoms with E-state index in [1.807, 2.05) is 6.92 Å². The van der Waals surface area contributed by atoms with Crippen molar-refractivity contribution in [2.75, 3.05) is 4.72 Å². The maximum atomic E-state index is 13.1. The van der Waals surface area contributed by atoms with E-state index in [1.165, 1.54) is 12.1 Å². The first-order chi connectivity index (χ1) is 13.6. The molecule has 0 atom stereocenters. The Kier molecular flexibility index (Phi) is 5.66. The lowest BCUT2D eigenvalue weighted by molar-refractivity contribution is -0.137. The van der Waals surface area contributed by atoms with E-state index in [0.717, 1.165) is 23.8 Å². The third-order valence-electron chi connectivity index (χ3n) is 4.04. The molecule has 7 heteroatoms. The van der Waals surface area contributed by atoms with E-state index >= 15 is 0 Å². The molecule has 0 aliphatic heterocycles. The first-order valence-electron chi connectivity index (χ1n) is 8.53. The van der Waals surface area contributed by atoms with Crippen LogP contribution in [0.4, 0.5) is 18.9 Å². The molecular weight excluding hydrogens is 399 g/mol. The van der Waals surface area contributed by atoms with Gasteiger partial charge in [0.25, 0.3) is 10.0 Å². The highest BCUT2D eigenvalue weighted by atomic mass is 32.2. The van der Waals surface area contributed by atoms with Crippen LogP contribution in [0.15, 0.2) is 77.7 Å². The number of aryl methyl sites for hydroxylation is 1. The number of rotatable bonds is 3. The van der Waals surface area contributed by atoms with Crippen LogP contribution in [0.2, 0.25) is 0 Å². The molecule has 0 bridgehead atoms. The minimum absolute atomic E-state index is 0.00460. The second-order valence-corrected chi connectivity index (χ2v) is 7.98. The largest absolute Gasteiger partial charge is 0.416 e. The lowest BCUT2D eigenvalue weighted by atomic mass is 10.1. The van der Waals surface area contributed by atoms with Gasteiger partial charge >= 0.3 is 6.18 Å². The van der Waals surface area contributed by atoms with Gasteiger partial charge in [-0.25, -0.2) is 8.42 Å². The average molecular weight is 415 g/mol. The zero-order chi connectivity index (χ0) is 21.1. The summed E-state index contributed by atoms with van der Waals surface area (Å²) in [6.45, 7) is 1.82. The van der Waals surface area contributed by atoms with Gasteiger partial charge < -0.3 is 0 Å². The van der Waals surface area contributed by atoms with Crippen LogP contribution in [-0.2, 0) is 16.2 Å². The van der Waals surface area contributed by atoms with Crippen molar-refractivity contribution in [2.45, 2.75) is 18.0 Å². The first-order valence-corrected chi connectivity index (χ1v) is 10.0. The Hall–Kier alpha value is -3.24. The topological polar surface area (TPSA) is 46.2 Å². The summed E-state index contributed by atoms with van der Waals surface area (Å²) in [5, 5.41) is 0. The Balaban J connectivity index is 2.03. The number of sulfonamides is 1. The molecule has 0 spiro atoms. The fraction of sp³-hybridized carbons (Fsp3) is 0.0909. The van der Waals surface area contributed by atoms with Crippen molar-refractivity contribution in [1.29, 1.82) is 0 Å². The number of hydrogen-bond acceptors (Lipinski definition) is 2. The summed E-state index contributed by atoms with van der Waals surface area (Å²) in [6, 6.07) is 17.6. The Morgan fingerprint density at radius 3 is 2.14 bits per heavy atom. The summed E-state index contributed by atoms with van der Waals surface area (Å²) in [5.74, 6) is 5.41. The predicted molar refractivity (Wildman–Crippen MR) is 106 cm³/mol. The summed E-state index contributed by atoms with van der Waals surface area (Å²) in [5.41, 5.74) is 0.472. The number of hydrogen-bond donors (Lipinski definition) is 1. The molecular formula is C22H16F3NO2S. The van der Waals surface area contributed by atoms with Crippen molar-refractivity contribution < 1.29 is 21.6 Å². The van der Waals surface area contributed by atoms with E-state index in [9.17, 15) is 21.6 Å². The van der Waals surface area contributed by atoms with Crippen molar-refractivity contribution >= 4 is 15.7 Å². The van der Waals surface area contributed by atoms with Crippen LogP contribution in [0, 0.1) is 18.8 Å². The molecule has 0 aromatic heterocycles. The minimum Gasteiger partial charge on any atom is -0.278 e. The third-order valence-corrected chi connectivity index (χ3v) is 5.42. The number of alkyl halides is 3. The maximum Gasteiger partial charge on any atom is 0.416 e. The minimum atomic E-state index is -4.57. The molecule has 3 rings (SSSR count). The van der Waals surface area contributed by atoms with Gasteiger partial charge in [-0.15, -0.1) is 0 Å². The van der Waals surface area contributed by atoms with Gasteiger partial charge in [-0.1, -0.05) is 47.7 Å². The lowest BCUT2D eigenvalue weighted by Gasteiger charge is -2.13. The molecule has 0 saturated carbocycles.